The maximum absolute atomic E-state index is 11.6. The Balaban J connectivity index is 1.85. The normalized spacial score (nSPS) is 11.5. The van der Waals surface area contributed by atoms with Gasteiger partial charge in [-0.05, 0) is 31.2 Å². The fourth-order valence-corrected chi connectivity index (χ4v) is 2.96. The maximum atomic E-state index is 11.6. The number of carbonyl (C=O) groups is 1. The second-order valence-corrected chi connectivity index (χ2v) is 7.41. The maximum Gasteiger partial charge on any atom is 0.335 e. The van der Waals surface area contributed by atoms with E-state index in [1.165, 1.54) is 0 Å². The van der Waals surface area contributed by atoms with Crippen LogP contribution in [0, 0.1) is 0 Å². The fraction of sp³-hybridized carbons (Fsp3) is 0.480. The fourth-order valence-electron chi connectivity index (χ4n) is 2.96. The van der Waals surface area contributed by atoms with E-state index < -0.39 is 5.97 Å². The van der Waals surface area contributed by atoms with Gasteiger partial charge in [0.2, 0.25) is 0 Å². The van der Waals surface area contributed by atoms with Crippen molar-refractivity contribution in [2.75, 3.05) is 19.8 Å². The van der Waals surface area contributed by atoms with E-state index in [0.717, 1.165) is 63.7 Å². The first-order valence-electron chi connectivity index (χ1n) is 11.2. The molecule has 1 N–H and O–H groups in total. The number of hydrogen-bond acceptors (Lipinski definition) is 5. The Morgan fingerprint density at radius 2 is 1.58 bits per heavy atom. The third-order valence-electron chi connectivity index (χ3n) is 4.81. The molecule has 0 bridgehead atoms. The Hall–Kier alpha value is -2.73. The number of carboxylic acid groups (broad SMARTS) is 1. The van der Waals surface area contributed by atoms with Gasteiger partial charge < -0.3 is 14.6 Å². The van der Waals surface area contributed by atoms with Crippen molar-refractivity contribution in [1.82, 2.24) is 9.97 Å². The number of benzene rings is 1. The molecule has 0 unspecified atom stereocenters. The number of hydrogen-bond donors (Lipinski definition) is 1. The number of unbranched alkanes of at least 4 members (excludes halogenated alkanes) is 4. The number of aliphatic carboxylic acids is 1. The van der Waals surface area contributed by atoms with Gasteiger partial charge >= 0.3 is 5.97 Å². The standard InChI is InChI=1S/C25H34N2O4/c1-3-5-7-10-23(25(28)29)20-11-13-21(14-12-20)24-26-18-22(19-27-24)31-17-9-8-16-30-15-6-4-2/h10-14,18-19H,3-9,15-17H2,1-2H3,(H,28,29). The van der Waals surface area contributed by atoms with Crippen molar-refractivity contribution in [3.8, 4) is 17.1 Å². The highest BCUT2D eigenvalue weighted by atomic mass is 16.5. The van der Waals surface area contributed by atoms with Crippen LogP contribution >= 0.6 is 0 Å². The van der Waals surface area contributed by atoms with Crippen molar-refractivity contribution < 1.29 is 19.4 Å². The summed E-state index contributed by atoms with van der Waals surface area (Å²) in [6.07, 6.45) is 12.1. The quantitative estimate of drug-likeness (QED) is 0.287. The lowest BCUT2D eigenvalue weighted by atomic mass is 10.0. The van der Waals surface area contributed by atoms with Crippen molar-refractivity contribution in [3.63, 3.8) is 0 Å². The molecule has 2 aromatic rings. The van der Waals surface area contributed by atoms with Crippen LogP contribution in [0.4, 0.5) is 0 Å². The molecular weight excluding hydrogens is 392 g/mol. The summed E-state index contributed by atoms with van der Waals surface area (Å²) >= 11 is 0. The number of ether oxygens (including phenoxy) is 2. The Kier molecular flexibility index (Phi) is 11.3. The average Bonchev–Trinajstić information content (AvgIpc) is 2.79. The first-order valence-corrected chi connectivity index (χ1v) is 11.2. The monoisotopic (exact) mass is 426 g/mol. The van der Waals surface area contributed by atoms with E-state index in [2.05, 4.69) is 23.8 Å². The van der Waals surface area contributed by atoms with Crippen molar-refractivity contribution >= 4 is 11.5 Å². The molecule has 1 aromatic carbocycles. The summed E-state index contributed by atoms with van der Waals surface area (Å²) in [7, 11) is 0. The molecule has 1 aromatic heterocycles. The van der Waals surface area contributed by atoms with Crippen molar-refractivity contribution in [1.29, 1.82) is 0 Å². The van der Waals surface area contributed by atoms with Gasteiger partial charge in [-0.2, -0.15) is 0 Å². The topological polar surface area (TPSA) is 81.5 Å². The van der Waals surface area contributed by atoms with Gasteiger partial charge in [-0.15, -0.1) is 0 Å². The summed E-state index contributed by atoms with van der Waals surface area (Å²) in [6, 6.07) is 7.30. The zero-order chi connectivity index (χ0) is 22.3. The minimum absolute atomic E-state index is 0.334. The Labute approximate surface area is 185 Å². The molecule has 0 spiro atoms. The lowest BCUT2D eigenvalue weighted by Crippen LogP contribution is -2.02. The zero-order valence-corrected chi connectivity index (χ0v) is 18.7. The van der Waals surface area contributed by atoms with Gasteiger partial charge in [0, 0.05) is 18.8 Å². The molecule has 1 heterocycles. The van der Waals surface area contributed by atoms with Crippen LogP contribution in [0.15, 0.2) is 42.7 Å². The minimum Gasteiger partial charge on any atom is -0.490 e. The van der Waals surface area contributed by atoms with E-state index >= 15 is 0 Å². The highest BCUT2D eigenvalue weighted by Gasteiger charge is 2.11. The number of carboxylic acids is 1. The largest absolute Gasteiger partial charge is 0.490 e. The van der Waals surface area contributed by atoms with Crippen molar-refractivity contribution in [2.24, 2.45) is 0 Å². The van der Waals surface area contributed by atoms with Crippen LogP contribution < -0.4 is 4.74 Å². The molecule has 31 heavy (non-hydrogen) atoms. The molecule has 0 aliphatic rings. The van der Waals surface area contributed by atoms with E-state index in [4.69, 9.17) is 9.47 Å². The van der Waals surface area contributed by atoms with E-state index in [1.54, 1.807) is 30.6 Å². The molecule has 6 nitrogen and oxygen atoms in total. The molecule has 0 amide bonds. The van der Waals surface area contributed by atoms with Crippen LogP contribution in [0.2, 0.25) is 0 Å². The van der Waals surface area contributed by atoms with Gasteiger partial charge in [0.15, 0.2) is 11.6 Å². The van der Waals surface area contributed by atoms with Gasteiger partial charge in [0.05, 0.1) is 24.6 Å². The van der Waals surface area contributed by atoms with Gasteiger partial charge in [0.1, 0.15) is 0 Å². The lowest BCUT2D eigenvalue weighted by molar-refractivity contribution is -0.130. The predicted molar refractivity (Wildman–Crippen MR) is 123 cm³/mol. The summed E-state index contributed by atoms with van der Waals surface area (Å²) in [5.41, 5.74) is 1.85. The minimum atomic E-state index is -0.908. The molecule has 0 saturated carbocycles. The molecule has 0 atom stereocenters. The summed E-state index contributed by atoms with van der Waals surface area (Å²) in [6.45, 7) is 6.45. The summed E-state index contributed by atoms with van der Waals surface area (Å²) in [4.78, 5) is 20.3. The van der Waals surface area contributed by atoms with Gasteiger partial charge in [-0.25, -0.2) is 14.8 Å². The second kappa shape index (κ2) is 14.3. The third-order valence-corrected chi connectivity index (χ3v) is 4.81. The van der Waals surface area contributed by atoms with Crippen LogP contribution in [0.3, 0.4) is 0 Å². The number of nitrogens with zero attached hydrogens (tertiary/aromatic N) is 2. The van der Waals surface area contributed by atoms with E-state index in [-0.39, 0.29) is 0 Å². The molecule has 0 radical (unpaired) electrons. The summed E-state index contributed by atoms with van der Waals surface area (Å²) in [5, 5.41) is 9.48. The Morgan fingerprint density at radius 3 is 2.23 bits per heavy atom. The second-order valence-electron chi connectivity index (χ2n) is 7.41. The lowest BCUT2D eigenvalue weighted by Gasteiger charge is -2.08. The molecular formula is C25H34N2O4. The molecule has 0 saturated heterocycles. The highest BCUT2D eigenvalue weighted by molar-refractivity contribution is 6.15. The first-order chi connectivity index (χ1) is 15.2. The van der Waals surface area contributed by atoms with Crippen molar-refractivity contribution in [3.05, 3.63) is 48.3 Å². The predicted octanol–water partition coefficient (Wildman–Crippen LogP) is 5.78. The SMILES string of the molecule is CCCCC=C(C(=O)O)c1ccc(-c2ncc(OCCCCOCCCC)cn2)cc1. The zero-order valence-electron chi connectivity index (χ0n) is 18.7. The number of rotatable bonds is 15. The van der Waals surface area contributed by atoms with E-state index in [9.17, 15) is 9.90 Å². The van der Waals surface area contributed by atoms with E-state index in [0.29, 0.717) is 29.3 Å². The van der Waals surface area contributed by atoms with Crippen LogP contribution in [0.5, 0.6) is 5.75 Å². The van der Waals surface area contributed by atoms with Gasteiger partial charge in [-0.1, -0.05) is 63.5 Å². The van der Waals surface area contributed by atoms with Crippen molar-refractivity contribution in [2.45, 2.75) is 58.8 Å². The smallest absolute Gasteiger partial charge is 0.335 e. The average molecular weight is 427 g/mol. The molecule has 168 valence electrons. The third kappa shape index (κ3) is 8.89. The van der Waals surface area contributed by atoms with Crippen LogP contribution in [0.1, 0.15) is 64.4 Å². The number of aromatic nitrogens is 2. The van der Waals surface area contributed by atoms with E-state index in [1.807, 2.05) is 12.1 Å². The number of allylic oxidation sites excluding steroid dienone is 1. The van der Waals surface area contributed by atoms with Crippen LogP contribution in [-0.4, -0.2) is 40.9 Å². The Bertz CT molecular complexity index is 801. The molecule has 6 heteroatoms. The molecule has 0 aliphatic heterocycles. The van der Waals surface area contributed by atoms with Crippen LogP contribution in [-0.2, 0) is 9.53 Å². The van der Waals surface area contributed by atoms with Crippen LogP contribution in [0.25, 0.3) is 17.0 Å². The molecule has 2 rings (SSSR count). The van der Waals surface area contributed by atoms with Gasteiger partial charge in [-0.3, -0.25) is 0 Å². The summed E-state index contributed by atoms with van der Waals surface area (Å²) in [5.74, 6) is 0.309. The first kappa shape index (κ1) is 24.5. The summed E-state index contributed by atoms with van der Waals surface area (Å²) < 4.78 is 11.2. The Morgan fingerprint density at radius 1 is 0.935 bits per heavy atom. The van der Waals surface area contributed by atoms with Gasteiger partial charge in [0.25, 0.3) is 0 Å². The molecule has 0 fully saturated rings. The highest BCUT2D eigenvalue weighted by Crippen LogP contribution is 2.22. The molecule has 0 aliphatic carbocycles.